The number of carbonyl (C=O) groups excluding carboxylic acids is 1. The number of hydrogen-bond donors (Lipinski definition) is 1. The van der Waals surface area contributed by atoms with E-state index in [0.717, 1.165) is 0 Å². The molecule has 1 N–H and O–H groups in total. The Morgan fingerprint density at radius 2 is 2.12 bits per heavy atom. The van der Waals surface area contributed by atoms with Gasteiger partial charge in [-0.25, -0.2) is 13.4 Å². The highest BCUT2D eigenvalue weighted by Crippen LogP contribution is 2.24. The molecule has 0 aliphatic carbocycles. The molecule has 0 saturated carbocycles. The number of sulfone groups is 1. The van der Waals surface area contributed by atoms with E-state index in [0.29, 0.717) is 22.2 Å². The van der Waals surface area contributed by atoms with E-state index < -0.39 is 15.4 Å². The summed E-state index contributed by atoms with van der Waals surface area (Å²) < 4.78 is 28.8. The van der Waals surface area contributed by atoms with Crippen LogP contribution in [0.2, 0.25) is 5.02 Å². The fourth-order valence-electron chi connectivity index (χ4n) is 2.60. The van der Waals surface area contributed by atoms with Gasteiger partial charge in [0.05, 0.1) is 17.0 Å². The summed E-state index contributed by atoms with van der Waals surface area (Å²) in [6.07, 6.45) is 0.414. The zero-order valence-corrected chi connectivity index (χ0v) is 15.9. The van der Waals surface area contributed by atoms with E-state index >= 15 is 0 Å². The molecule has 0 spiro atoms. The summed E-state index contributed by atoms with van der Waals surface area (Å²) in [5.74, 6) is 0.353. The van der Waals surface area contributed by atoms with Crippen molar-refractivity contribution in [2.75, 3.05) is 11.5 Å². The lowest BCUT2D eigenvalue weighted by molar-refractivity contribution is 0.0910. The second-order valence-corrected chi connectivity index (χ2v) is 9.79. The van der Waals surface area contributed by atoms with Crippen molar-refractivity contribution in [2.45, 2.75) is 25.5 Å². The number of nitrogens with zero attached hydrogens (tertiary/aromatic N) is 1. The molecule has 1 saturated heterocycles. The van der Waals surface area contributed by atoms with Crippen LogP contribution in [0.5, 0.6) is 5.75 Å². The number of nitrogens with one attached hydrogen (secondary N) is 1. The third-order valence-electron chi connectivity index (χ3n) is 3.88. The second-order valence-electron chi connectivity index (χ2n) is 6.23. The van der Waals surface area contributed by atoms with Crippen LogP contribution in [0.4, 0.5) is 0 Å². The molecule has 0 radical (unpaired) electrons. The molecule has 6 nitrogen and oxygen atoms in total. The minimum atomic E-state index is -3.08. The Morgan fingerprint density at radius 1 is 1.40 bits per heavy atom. The molecule has 1 aromatic carbocycles. The van der Waals surface area contributed by atoms with Crippen LogP contribution in [0.25, 0.3) is 0 Å². The molecular formula is C16H17ClN2O4S2. The van der Waals surface area contributed by atoms with Crippen LogP contribution in [0.1, 0.15) is 28.8 Å². The number of amides is 1. The van der Waals surface area contributed by atoms with E-state index in [4.69, 9.17) is 16.3 Å². The lowest BCUT2D eigenvalue weighted by Crippen LogP contribution is -2.47. The minimum absolute atomic E-state index is 0.0393. The van der Waals surface area contributed by atoms with Gasteiger partial charge in [0.25, 0.3) is 5.91 Å². The van der Waals surface area contributed by atoms with Crippen molar-refractivity contribution in [3.63, 3.8) is 0 Å². The van der Waals surface area contributed by atoms with Gasteiger partial charge in [-0.3, -0.25) is 4.79 Å². The highest BCUT2D eigenvalue weighted by Gasteiger charge is 2.39. The molecule has 1 aliphatic heterocycles. The monoisotopic (exact) mass is 400 g/mol. The Kier molecular flexibility index (Phi) is 5.04. The molecule has 25 heavy (non-hydrogen) atoms. The van der Waals surface area contributed by atoms with E-state index in [1.165, 1.54) is 11.3 Å². The quantitative estimate of drug-likeness (QED) is 0.833. The fraction of sp³-hybridized carbons (Fsp3) is 0.375. The van der Waals surface area contributed by atoms with E-state index in [9.17, 15) is 13.2 Å². The number of carbonyl (C=O) groups is 1. The largest absolute Gasteiger partial charge is 0.486 e. The standard InChI is InChI=1S/C16H17ClN2O4S2/c1-16(6-7-25(21,22)10-16)19-15(20)13-9-24-14(18-13)8-23-12-4-2-11(17)3-5-12/h2-5,9H,6-8,10H2,1H3,(H,19,20)/t16-/m0/s1. The lowest BCUT2D eigenvalue weighted by atomic mass is 10.0. The van der Waals surface area contributed by atoms with Gasteiger partial charge >= 0.3 is 0 Å². The highest BCUT2D eigenvalue weighted by atomic mass is 35.5. The Labute approximate surface area is 155 Å². The normalized spacial score (nSPS) is 21.8. The molecule has 0 unspecified atom stereocenters. The first-order chi connectivity index (χ1) is 11.7. The number of halogens is 1. The zero-order valence-electron chi connectivity index (χ0n) is 13.5. The van der Waals surface area contributed by atoms with Gasteiger partial charge in [-0.15, -0.1) is 11.3 Å². The molecule has 2 heterocycles. The van der Waals surface area contributed by atoms with Crippen molar-refractivity contribution in [1.82, 2.24) is 10.3 Å². The van der Waals surface area contributed by atoms with Crippen molar-refractivity contribution in [1.29, 1.82) is 0 Å². The Hall–Kier alpha value is -1.64. The summed E-state index contributed by atoms with van der Waals surface area (Å²) in [5.41, 5.74) is -0.468. The molecule has 1 atom stereocenters. The summed E-state index contributed by atoms with van der Waals surface area (Å²) in [6.45, 7) is 1.98. The van der Waals surface area contributed by atoms with Gasteiger partial charge in [-0.05, 0) is 37.6 Å². The molecule has 1 fully saturated rings. The maximum absolute atomic E-state index is 12.3. The molecule has 1 aromatic heterocycles. The van der Waals surface area contributed by atoms with Crippen LogP contribution in [0.15, 0.2) is 29.6 Å². The summed E-state index contributed by atoms with van der Waals surface area (Å²) in [7, 11) is -3.08. The highest BCUT2D eigenvalue weighted by molar-refractivity contribution is 7.91. The molecule has 134 valence electrons. The van der Waals surface area contributed by atoms with E-state index in [-0.39, 0.29) is 29.7 Å². The van der Waals surface area contributed by atoms with Crippen LogP contribution in [-0.4, -0.2) is 36.4 Å². The SMILES string of the molecule is C[C@]1(NC(=O)c2csc(COc3ccc(Cl)cc3)n2)CCS(=O)(=O)C1. The first-order valence-corrected chi connectivity index (χ1v) is 10.7. The third-order valence-corrected chi connectivity index (χ3v) is 6.86. The maximum Gasteiger partial charge on any atom is 0.271 e. The lowest BCUT2D eigenvalue weighted by Gasteiger charge is -2.23. The van der Waals surface area contributed by atoms with Crippen LogP contribution >= 0.6 is 22.9 Å². The molecular weight excluding hydrogens is 384 g/mol. The topological polar surface area (TPSA) is 85.4 Å². The zero-order chi connectivity index (χ0) is 18.1. The maximum atomic E-state index is 12.3. The van der Waals surface area contributed by atoms with Crippen LogP contribution in [0.3, 0.4) is 0 Å². The van der Waals surface area contributed by atoms with Crippen LogP contribution in [-0.2, 0) is 16.4 Å². The first-order valence-electron chi connectivity index (χ1n) is 7.60. The molecule has 0 bridgehead atoms. The van der Waals surface area contributed by atoms with Crippen molar-refractivity contribution in [3.8, 4) is 5.75 Å². The Bertz CT molecular complexity index is 880. The summed E-state index contributed by atoms with van der Waals surface area (Å²) in [5, 5.41) is 5.72. The molecule has 1 amide bonds. The fourth-order valence-corrected chi connectivity index (χ4v) is 5.51. The van der Waals surface area contributed by atoms with E-state index in [1.54, 1.807) is 36.6 Å². The number of ether oxygens (including phenoxy) is 1. The molecule has 1 aliphatic rings. The van der Waals surface area contributed by atoms with Gasteiger partial charge in [0.15, 0.2) is 9.84 Å². The smallest absolute Gasteiger partial charge is 0.271 e. The number of hydrogen-bond acceptors (Lipinski definition) is 6. The van der Waals surface area contributed by atoms with Crippen LogP contribution < -0.4 is 10.1 Å². The Balaban J connectivity index is 1.59. The van der Waals surface area contributed by atoms with Gasteiger partial charge < -0.3 is 10.1 Å². The molecule has 9 heteroatoms. The number of rotatable bonds is 5. The van der Waals surface area contributed by atoms with E-state index in [1.807, 2.05) is 0 Å². The number of benzene rings is 1. The molecule has 3 rings (SSSR count). The van der Waals surface area contributed by atoms with Gasteiger partial charge in [0.2, 0.25) is 0 Å². The first kappa shape index (κ1) is 18.2. The Morgan fingerprint density at radius 3 is 2.76 bits per heavy atom. The van der Waals surface area contributed by atoms with Gasteiger partial charge in [-0.2, -0.15) is 0 Å². The van der Waals surface area contributed by atoms with Crippen molar-refractivity contribution in [3.05, 3.63) is 45.4 Å². The van der Waals surface area contributed by atoms with Gasteiger partial charge in [-0.1, -0.05) is 11.6 Å². The third kappa shape index (κ3) is 4.71. The van der Waals surface area contributed by atoms with Crippen molar-refractivity contribution in [2.24, 2.45) is 0 Å². The van der Waals surface area contributed by atoms with Crippen molar-refractivity contribution < 1.29 is 17.9 Å². The summed E-state index contributed by atoms with van der Waals surface area (Å²) >= 11 is 7.13. The number of thiazole rings is 1. The second kappa shape index (κ2) is 6.93. The predicted molar refractivity (Wildman–Crippen MR) is 97.0 cm³/mol. The van der Waals surface area contributed by atoms with E-state index in [2.05, 4.69) is 10.3 Å². The summed E-state index contributed by atoms with van der Waals surface area (Å²) in [6, 6.07) is 6.97. The minimum Gasteiger partial charge on any atom is -0.486 e. The van der Waals surface area contributed by atoms with Crippen molar-refractivity contribution >= 4 is 38.7 Å². The molecule has 2 aromatic rings. The number of aromatic nitrogens is 1. The van der Waals surface area contributed by atoms with Gasteiger partial charge in [0.1, 0.15) is 23.1 Å². The average Bonchev–Trinajstić information content (AvgIpc) is 3.11. The van der Waals surface area contributed by atoms with Crippen LogP contribution in [0, 0.1) is 0 Å². The average molecular weight is 401 g/mol. The summed E-state index contributed by atoms with van der Waals surface area (Å²) in [4.78, 5) is 16.6. The predicted octanol–water partition coefficient (Wildman–Crippen LogP) is 2.68. The van der Waals surface area contributed by atoms with Gasteiger partial charge in [0, 0.05) is 10.4 Å².